The lowest BCUT2D eigenvalue weighted by Crippen LogP contribution is -2.39. The number of hydrogen-bond donors (Lipinski definition) is 0. The van der Waals surface area contributed by atoms with Gasteiger partial charge in [-0.2, -0.15) is 0 Å². The molecule has 2 aromatic heterocycles. The molecule has 0 aliphatic heterocycles. The summed E-state index contributed by atoms with van der Waals surface area (Å²) < 4.78 is 4.46. The minimum Gasteiger partial charge on any atom is -0.328 e. The van der Waals surface area contributed by atoms with Crippen LogP contribution in [0.4, 0.5) is 0 Å². The number of imidazole rings is 1. The maximum absolute atomic E-state index is 12.6. The predicted molar refractivity (Wildman–Crippen MR) is 92.7 cm³/mol. The van der Waals surface area contributed by atoms with E-state index in [4.69, 9.17) is 0 Å². The van der Waals surface area contributed by atoms with Crippen molar-refractivity contribution in [2.75, 3.05) is 0 Å². The molecule has 2 rings (SSSR count). The van der Waals surface area contributed by atoms with E-state index < -0.39 is 0 Å². The molecule has 0 saturated carbocycles. The Labute approximate surface area is 136 Å². The van der Waals surface area contributed by atoms with Crippen LogP contribution in [-0.2, 0) is 20.6 Å². The fourth-order valence-electron chi connectivity index (χ4n) is 2.74. The van der Waals surface area contributed by atoms with Crippen molar-refractivity contribution in [1.82, 2.24) is 18.7 Å². The molecule has 0 aliphatic rings. The molecule has 0 aromatic carbocycles. The maximum Gasteiger partial charge on any atom is 0.332 e. The molecule has 0 fully saturated rings. The Morgan fingerprint density at radius 3 is 2.61 bits per heavy atom. The summed E-state index contributed by atoms with van der Waals surface area (Å²) in [4.78, 5) is 29.1. The van der Waals surface area contributed by atoms with Gasteiger partial charge in [-0.1, -0.05) is 18.6 Å². The van der Waals surface area contributed by atoms with Crippen LogP contribution >= 0.6 is 0 Å². The van der Waals surface area contributed by atoms with Crippen LogP contribution in [-0.4, -0.2) is 18.7 Å². The number of aryl methyl sites for hydroxylation is 2. The van der Waals surface area contributed by atoms with Crippen molar-refractivity contribution in [3.63, 3.8) is 0 Å². The van der Waals surface area contributed by atoms with Crippen LogP contribution in [0.25, 0.3) is 11.2 Å². The van der Waals surface area contributed by atoms with Gasteiger partial charge < -0.3 is 4.57 Å². The topological polar surface area (TPSA) is 61.8 Å². The zero-order valence-corrected chi connectivity index (χ0v) is 14.7. The Morgan fingerprint density at radius 1 is 1.26 bits per heavy atom. The van der Waals surface area contributed by atoms with E-state index in [0.29, 0.717) is 23.6 Å². The number of aromatic nitrogens is 4. The molecule has 23 heavy (non-hydrogen) atoms. The van der Waals surface area contributed by atoms with Crippen molar-refractivity contribution >= 4 is 11.2 Å². The van der Waals surface area contributed by atoms with E-state index in [1.165, 1.54) is 14.7 Å². The average Bonchev–Trinajstić information content (AvgIpc) is 2.86. The zero-order chi connectivity index (χ0) is 17.1. The van der Waals surface area contributed by atoms with Gasteiger partial charge in [-0.05, 0) is 39.0 Å². The molecule has 0 spiro atoms. The minimum absolute atomic E-state index is 0.250. The molecule has 2 heterocycles. The number of hydrogen-bond acceptors (Lipinski definition) is 3. The van der Waals surface area contributed by atoms with Gasteiger partial charge in [0.25, 0.3) is 5.56 Å². The Bertz CT molecular complexity index is 835. The quantitative estimate of drug-likeness (QED) is 0.767. The SMILES string of the molecule is CC(C)=CCC[C@@H](C)CCn1c(=O)c2c(ncn2C)n(C)c1=O. The summed E-state index contributed by atoms with van der Waals surface area (Å²) in [5.74, 6) is 0.462. The molecule has 0 radical (unpaired) electrons. The van der Waals surface area contributed by atoms with Crippen molar-refractivity contribution in [3.05, 3.63) is 38.8 Å². The lowest BCUT2D eigenvalue weighted by atomic mass is 10.0. The van der Waals surface area contributed by atoms with Gasteiger partial charge in [0.2, 0.25) is 0 Å². The van der Waals surface area contributed by atoms with Gasteiger partial charge in [0, 0.05) is 20.6 Å². The molecule has 1 atom stereocenters. The molecule has 0 aliphatic carbocycles. The van der Waals surface area contributed by atoms with E-state index in [9.17, 15) is 9.59 Å². The van der Waals surface area contributed by atoms with Crippen LogP contribution in [0.15, 0.2) is 27.6 Å². The van der Waals surface area contributed by atoms with Gasteiger partial charge in [0.1, 0.15) is 0 Å². The van der Waals surface area contributed by atoms with Crippen molar-refractivity contribution < 1.29 is 0 Å². The summed E-state index contributed by atoms with van der Waals surface area (Å²) >= 11 is 0. The first-order valence-corrected chi connectivity index (χ1v) is 8.07. The third kappa shape index (κ3) is 3.63. The molecule has 2 aromatic rings. The average molecular weight is 318 g/mol. The lowest BCUT2D eigenvalue weighted by molar-refractivity contribution is 0.439. The van der Waals surface area contributed by atoms with E-state index in [2.05, 4.69) is 31.8 Å². The molecule has 0 N–H and O–H groups in total. The first-order chi connectivity index (χ1) is 10.8. The van der Waals surface area contributed by atoms with Crippen LogP contribution < -0.4 is 11.2 Å². The van der Waals surface area contributed by atoms with Crippen LogP contribution in [0.2, 0.25) is 0 Å². The fraction of sp³-hybridized carbons (Fsp3) is 0.588. The Hall–Kier alpha value is -2.11. The molecule has 0 unspecified atom stereocenters. The highest BCUT2D eigenvalue weighted by molar-refractivity contribution is 5.69. The van der Waals surface area contributed by atoms with Crippen molar-refractivity contribution in [2.24, 2.45) is 20.0 Å². The lowest BCUT2D eigenvalue weighted by Gasteiger charge is -2.12. The smallest absolute Gasteiger partial charge is 0.328 e. The summed E-state index contributed by atoms with van der Waals surface area (Å²) in [5.41, 5.74) is 1.70. The van der Waals surface area contributed by atoms with Crippen LogP contribution in [0.5, 0.6) is 0 Å². The van der Waals surface area contributed by atoms with Crippen molar-refractivity contribution in [2.45, 2.75) is 46.6 Å². The first-order valence-electron chi connectivity index (χ1n) is 8.07. The van der Waals surface area contributed by atoms with Crippen LogP contribution in [0.3, 0.4) is 0 Å². The Balaban J connectivity index is 2.21. The van der Waals surface area contributed by atoms with E-state index in [1.54, 1.807) is 25.0 Å². The molecular weight excluding hydrogens is 292 g/mol. The predicted octanol–water partition coefficient (Wildman–Crippen LogP) is 2.21. The Morgan fingerprint density at radius 2 is 1.96 bits per heavy atom. The third-order valence-corrected chi connectivity index (χ3v) is 4.26. The standard InChI is InChI=1S/C17H26N4O2/c1-12(2)7-6-8-13(3)9-10-21-16(22)14-15(18-11-19(14)4)20(5)17(21)23/h7,11,13H,6,8-10H2,1-5H3/t13-/m1/s1. The second-order valence-electron chi connectivity index (χ2n) is 6.58. The second kappa shape index (κ2) is 6.98. The third-order valence-electron chi connectivity index (χ3n) is 4.26. The van der Waals surface area contributed by atoms with Gasteiger partial charge in [0.05, 0.1) is 6.33 Å². The minimum atomic E-state index is -0.294. The van der Waals surface area contributed by atoms with E-state index in [0.717, 1.165) is 19.3 Å². The van der Waals surface area contributed by atoms with Crippen molar-refractivity contribution in [3.8, 4) is 0 Å². The van der Waals surface area contributed by atoms with Gasteiger partial charge in [0.15, 0.2) is 11.2 Å². The molecule has 6 heteroatoms. The largest absolute Gasteiger partial charge is 0.332 e. The second-order valence-corrected chi connectivity index (χ2v) is 6.58. The number of nitrogens with zero attached hydrogens (tertiary/aromatic N) is 4. The zero-order valence-electron chi connectivity index (χ0n) is 14.7. The summed E-state index contributed by atoms with van der Waals surface area (Å²) in [6.45, 7) is 6.80. The van der Waals surface area contributed by atoms with Gasteiger partial charge in [-0.25, -0.2) is 9.78 Å². The van der Waals surface area contributed by atoms with Gasteiger partial charge in [-0.3, -0.25) is 13.9 Å². The van der Waals surface area contributed by atoms with E-state index in [-0.39, 0.29) is 11.2 Å². The molecular formula is C17H26N4O2. The highest BCUT2D eigenvalue weighted by Crippen LogP contribution is 2.12. The van der Waals surface area contributed by atoms with Gasteiger partial charge >= 0.3 is 5.69 Å². The summed E-state index contributed by atoms with van der Waals surface area (Å²) in [7, 11) is 3.43. The Kier molecular flexibility index (Phi) is 5.23. The molecule has 0 bridgehead atoms. The van der Waals surface area contributed by atoms with Crippen molar-refractivity contribution in [1.29, 1.82) is 0 Å². The number of fused-ring (bicyclic) bond motifs is 1. The van der Waals surface area contributed by atoms with Gasteiger partial charge in [-0.15, -0.1) is 0 Å². The molecule has 6 nitrogen and oxygen atoms in total. The summed E-state index contributed by atoms with van der Waals surface area (Å²) in [6.07, 6.45) is 6.71. The summed E-state index contributed by atoms with van der Waals surface area (Å²) in [6, 6.07) is 0. The van der Waals surface area contributed by atoms with E-state index >= 15 is 0 Å². The highest BCUT2D eigenvalue weighted by Gasteiger charge is 2.15. The highest BCUT2D eigenvalue weighted by atomic mass is 16.2. The monoisotopic (exact) mass is 318 g/mol. The first kappa shape index (κ1) is 17.2. The van der Waals surface area contributed by atoms with Crippen LogP contribution in [0, 0.1) is 5.92 Å². The van der Waals surface area contributed by atoms with Crippen LogP contribution in [0.1, 0.15) is 40.0 Å². The maximum atomic E-state index is 12.6. The molecule has 0 saturated heterocycles. The normalized spacial score (nSPS) is 12.6. The molecule has 0 amide bonds. The number of allylic oxidation sites excluding steroid dienone is 2. The van der Waals surface area contributed by atoms with E-state index in [1.807, 2.05) is 0 Å². The summed E-state index contributed by atoms with van der Waals surface area (Å²) in [5, 5.41) is 0. The fourth-order valence-corrected chi connectivity index (χ4v) is 2.74. The number of rotatable bonds is 6. The molecule has 126 valence electrons.